The SMILES string of the molecule is CC(F)c1ncnc(NC(C)c2cc(C(F)F)cs2)c1Cl. The molecule has 114 valence electrons. The zero-order chi connectivity index (χ0) is 15.6. The van der Waals surface area contributed by atoms with Crippen molar-refractivity contribution in [1.29, 1.82) is 0 Å². The maximum absolute atomic E-state index is 13.3. The highest BCUT2D eigenvalue weighted by molar-refractivity contribution is 7.10. The molecule has 2 atom stereocenters. The fraction of sp³-hybridized carbons (Fsp3) is 0.385. The minimum atomic E-state index is -2.50. The Morgan fingerprint density at radius 2 is 1.95 bits per heavy atom. The first-order valence-electron chi connectivity index (χ1n) is 6.17. The Labute approximate surface area is 129 Å². The van der Waals surface area contributed by atoms with E-state index in [4.69, 9.17) is 11.6 Å². The maximum Gasteiger partial charge on any atom is 0.264 e. The van der Waals surface area contributed by atoms with Crippen LogP contribution >= 0.6 is 22.9 Å². The number of anilines is 1. The van der Waals surface area contributed by atoms with E-state index in [0.29, 0.717) is 0 Å². The van der Waals surface area contributed by atoms with Gasteiger partial charge in [-0.2, -0.15) is 0 Å². The highest BCUT2D eigenvalue weighted by Gasteiger charge is 2.18. The van der Waals surface area contributed by atoms with Gasteiger partial charge in [0.1, 0.15) is 23.3 Å². The third-order valence-corrected chi connectivity index (χ3v) is 4.37. The monoisotopic (exact) mass is 335 g/mol. The Hall–Kier alpha value is -1.34. The van der Waals surface area contributed by atoms with Crippen LogP contribution in [0, 0.1) is 0 Å². The number of hydrogen-bond acceptors (Lipinski definition) is 4. The lowest BCUT2D eigenvalue weighted by Crippen LogP contribution is -2.09. The van der Waals surface area contributed by atoms with Crippen LogP contribution in [0.2, 0.25) is 5.02 Å². The lowest BCUT2D eigenvalue weighted by molar-refractivity contribution is 0.152. The Morgan fingerprint density at radius 1 is 1.24 bits per heavy atom. The molecule has 2 aromatic rings. The predicted molar refractivity (Wildman–Crippen MR) is 77.9 cm³/mol. The first-order chi connectivity index (χ1) is 9.90. The molecule has 0 fully saturated rings. The van der Waals surface area contributed by atoms with Crippen LogP contribution in [0.15, 0.2) is 17.8 Å². The number of nitrogens with one attached hydrogen (secondary N) is 1. The molecule has 0 radical (unpaired) electrons. The molecular formula is C13H13ClF3N3S. The van der Waals surface area contributed by atoms with Crippen molar-refractivity contribution in [3.8, 4) is 0 Å². The van der Waals surface area contributed by atoms with E-state index in [0.717, 1.165) is 4.88 Å². The second kappa shape index (κ2) is 6.62. The molecule has 0 saturated carbocycles. The van der Waals surface area contributed by atoms with E-state index in [9.17, 15) is 13.2 Å². The highest BCUT2D eigenvalue weighted by Crippen LogP contribution is 2.33. The molecule has 0 aliphatic carbocycles. The van der Waals surface area contributed by atoms with Crippen molar-refractivity contribution in [2.75, 3.05) is 5.32 Å². The summed E-state index contributed by atoms with van der Waals surface area (Å²) >= 11 is 7.27. The van der Waals surface area contributed by atoms with Crippen LogP contribution in [-0.4, -0.2) is 9.97 Å². The smallest absolute Gasteiger partial charge is 0.264 e. The summed E-state index contributed by atoms with van der Waals surface area (Å²) in [6.07, 6.45) is -2.60. The highest BCUT2D eigenvalue weighted by atomic mass is 35.5. The normalized spacial score (nSPS) is 14.2. The molecule has 2 heterocycles. The summed E-state index contributed by atoms with van der Waals surface area (Å²) in [5.74, 6) is 0.283. The van der Waals surface area contributed by atoms with Crippen molar-refractivity contribution in [2.24, 2.45) is 0 Å². The van der Waals surface area contributed by atoms with Crippen molar-refractivity contribution in [1.82, 2.24) is 9.97 Å². The Kier molecular flexibility index (Phi) is 5.05. The van der Waals surface area contributed by atoms with Crippen molar-refractivity contribution < 1.29 is 13.2 Å². The summed E-state index contributed by atoms with van der Waals surface area (Å²) in [5, 5.41) is 4.50. The molecule has 1 N–H and O–H groups in total. The number of rotatable bonds is 5. The molecule has 0 aromatic carbocycles. The first-order valence-corrected chi connectivity index (χ1v) is 7.43. The van der Waals surface area contributed by atoms with Gasteiger partial charge in [-0.3, -0.25) is 0 Å². The summed E-state index contributed by atoms with van der Waals surface area (Å²) in [6, 6.07) is 1.15. The Bertz CT molecular complexity index is 618. The quantitative estimate of drug-likeness (QED) is 0.802. The van der Waals surface area contributed by atoms with E-state index in [1.165, 1.54) is 36.0 Å². The third-order valence-electron chi connectivity index (χ3n) is 2.87. The molecular weight excluding hydrogens is 323 g/mol. The lowest BCUT2D eigenvalue weighted by Gasteiger charge is -2.15. The summed E-state index contributed by atoms with van der Waals surface area (Å²) in [6.45, 7) is 3.12. The number of nitrogens with zero attached hydrogens (tertiary/aromatic N) is 2. The standard InChI is InChI=1S/C13H13ClF3N3S/c1-6(15)11-10(14)13(19-5-18-11)20-7(2)9-3-8(4-21-9)12(16)17/h3-7,12H,1-2H3,(H,18,19,20). The zero-order valence-electron chi connectivity index (χ0n) is 11.3. The van der Waals surface area contributed by atoms with Crippen molar-refractivity contribution in [3.63, 3.8) is 0 Å². The average molecular weight is 336 g/mol. The van der Waals surface area contributed by atoms with Gasteiger partial charge in [-0.15, -0.1) is 11.3 Å². The number of halogens is 4. The molecule has 2 rings (SSSR count). The van der Waals surface area contributed by atoms with Crippen LogP contribution in [0.25, 0.3) is 0 Å². The molecule has 0 aliphatic rings. The van der Waals surface area contributed by atoms with E-state index >= 15 is 0 Å². The molecule has 0 aliphatic heterocycles. The van der Waals surface area contributed by atoms with E-state index in [2.05, 4.69) is 15.3 Å². The fourth-order valence-electron chi connectivity index (χ4n) is 1.75. The van der Waals surface area contributed by atoms with Gasteiger partial charge in [0.05, 0.1) is 11.7 Å². The van der Waals surface area contributed by atoms with Crippen LogP contribution in [0.5, 0.6) is 0 Å². The summed E-state index contributed by atoms with van der Waals surface area (Å²) in [5.41, 5.74) is 0.0799. The molecule has 3 nitrogen and oxygen atoms in total. The maximum atomic E-state index is 13.3. The van der Waals surface area contributed by atoms with Gasteiger partial charge in [-0.25, -0.2) is 23.1 Å². The van der Waals surface area contributed by atoms with Gasteiger partial charge < -0.3 is 5.32 Å². The van der Waals surface area contributed by atoms with E-state index in [1.54, 1.807) is 6.92 Å². The van der Waals surface area contributed by atoms with Gasteiger partial charge in [-0.05, 0) is 25.3 Å². The summed E-state index contributed by atoms with van der Waals surface area (Å²) in [7, 11) is 0. The lowest BCUT2D eigenvalue weighted by atomic mass is 10.2. The molecule has 8 heteroatoms. The molecule has 0 spiro atoms. The van der Waals surface area contributed by atoms with Crippen molar-refractivity contribution >= 4 is 28.8 Å². The summed E-state index contributed by atoms with van der Waals surface area (Å²) < 4.78 is 38.5. The van der Waals surface area contributed by atoms with Gasteiger partial charge >= 0.3 is 0 Å². The zero-order valence-corrected chi connectivity index (χ0v) is 12.9. The molecule has 0 bridgehead atoms. The number of thiophene rings is 1. The Balaban J connectivity index is 2.19. The first kappa shape index (κ1) is 16.0. The number of aromatic nitrogens is 2. The minimum Gasteiger partial charge on any atom is -0.361 e. The third kappa shape index (κ3) is 3.65. The van der Waals surface area contributed by atoms with Crippen LogP contribution < -0.4 is 5.32 Å². The van der Waals surface area contributed by atoms with Gasteiger partial charge in [0.2, 0.25) is 0 Å². The topological polar surface area (TPSA) is 37.8 Å². The van der Waals surface area contributed by atoms with E-state index in [1.807, 2.05) is 0 Å². The minimum absolute atomic E-state index is 0.0181. The number of hydrogen-bond donors (Lipinski definition) is 1. The number of alkyl halides is 3. The van der Waals surface area contributed by atoms with Crippen LogP contribution in [0.1, 0.15) is 48.6 Å². The van der Waals surface area contributed by atoms with E-state index < -0.39 is 12.6 Å². The second-order valence-electron chi connectivity index (χ2n) is 4.49. The van der Waals surface area contributed by atoms with Gasteiger partial charge in [0.15, 0.2) is 0 Å². The van der Waals surface area contributed by atoms with Crippen LogP contribution in [-0.2, 0) is 0 Å². The molecule has 21 heavy (non-hydrogen) atoms. The summed E-state index contributed by atoms with van der Waals surface area (Å²) in [4.78, 5) is 8.47. The molecule has 0 amide bonds. The van der Waals surface area contributed by atoms with Gasteiger partial charge in [0, 0.05) is 10.4 Å². The van der Waals surface area contributed by atoms with Crippen molar-refractivity contribution in [2.45, 2.75) is 32.5 Å². The van der Waals surface area contributed by atoms with E-state index in [-0.39, 0.29) is 28.1 Å². The largest absolute Gasteiger partial charge is 0.361 e. The van der Waals surface area contributed by atoms with Gasteiger partial charge in [-0.1, -0.05) is 11.6 Å². The molecule has 2 unspecified atom stereocenters. The predicted octanol–water partition coefficient (Wildman–Crippen LogP) is 5.33. The molecule has 2 aromatic heterocycles. The van der Waals surface area contributed by atoms with Crippen molar-refractivity contribution in [3.05, 3.63) is 38.9 Å². The Morgan fingerprint density at radius 3 is 2.52 bits per heavy atom. The molecule has 0 saturated heterocycles. The average Bonchev–Trinajstić information content (AvgIpc) is 2.90. The van der Waals surface area contributed by atoms with Gasteiger partial charge in [0.25, 0.3) is 6.43 Å². The fourth-order valence-corrected chi connectivity index (χ4v) is 2.96. The van der Waals surface area contributed by atoms with Crippen LogP contribution in [0.4, 0.5) is 19.0 Å². The van der Waals surface area contributed by atoms with Crippen LogP contribution in [0.3, 0.4) is 0 Å². The second-order valence-corrected chi connectivity index (χ2v) is 5.81.